The van der Waals surface area contributed by atoms with Crippen LogP contribution in [0.3, 0.4) is 0 Å². The highest BCUT2D eigenvalue weighted by Crippen LogP contribution is 2.67. The van der Waals surface area contributed by atoms with Crippen molar-refractivity contribution < 1.29 is 19.5 Å². The predicted octanol–water partition coefficient (Wildman–Crippen LogP) is 5.64. The number of carbonyl (C=O) groups is 3. The van der Waals surface area contributed by atoms with Crippen molar-refractivity contribution in [3.05, 3.63) is 84.4 Å². The summed E-state index contributed by atoms with van der Waals surface area (Å²) in [7, 11) is 0. The second-order valence-electron chi connectivity index (χ2n) is 11.6. The monoisotopic (exact) mass is 621 g/mol. The van der Waals surface area contributed by atoms with Crippen molar-refractivity contribution in [2.24, 2.45) is 11.8 Å². The highest BCUT2D eigenvalue weighted by Gasteiger charge is 2.74. The van der Waals surface area contributed by atoms with Crippen molar-refractivity contribution >= 4 is 52.5 Å². The Morgan fingerprint density at radius 3 is 2.44 bits per heavy atom. The number of benzene rings is 2. The van der Waals surface area contributed by atoms with Gasteiger partial charge in [-0.1, -0.05) is 54.1 Å². The molecule has 3 aliphatic heterocycles. The first kappa shape index (κ1) is 31.4. The second-order valence-corrected chi connectivity index (χ2v) is 13.6. The Labute approximate surface area is 263 Å². The number of thioether (sulfide) groups is 1. The number of unbranched alkanes of at least 4 members (excludes halogenated alkanes) is 2. The summed E-state index contributed by atoms with van der Waals surface area (Å²) in [5.41, 5.74) is 2.24. The standard InChI is InChI=1S/C34H40ClN3O4S/c1-4-19-36(24-14-8-6-9-15-24)31(40)27-26-17-18-34(43-26)28(27)32(41)38(21-10-7-11-22-39)30(34)33(42)37(20-5-2)29-23(3)13-12-16-25(29)35/h4-6,8-9,12-16,26-28,30,39H,1-2,7,10-11,17-22H2,3H3/t26-,27+,28+,30?,34?/m1/s1. The van der Waals surface area contributed by atoms with Gasteiger partial charge >= 0.3 is 0 Å². The van der Waals surface area contributed by atoms with Gasteiger partial charge in [0.05, 0.1) is 27.3 Å². The van der Waals surface area contributed by atoms with Gasteiger partial charge in [-0.15, -0.1) is 24.9 Å². The van der Waals surface area contributed by atoms with E-state index in [0.29, 0.717) is 43.1 Å². The quantitative estimate of drug-likeness (QED) is 0.231. The number of anilines is 2. The van der Waals surface area contributed by atoms with Gasteiger partial charge in [-0.3, -0.25) is 14.4 Å². The first-order valence-electron chi connectivity index (χ1n) is 15.0. The topological polar surface area (TPSA) is 81.2 Å². The highest BCUT2D eigenvalue weighted by molar-refractivity contribution is 8.02. The Bertz CT molecular complexity index is 1370. The molecule has 9 heteroatoms. The maximum Gasteiger partial charge on any atom is 0.251 e. The van der Waals surface area contributed by atoms with Crippen LogP contribution in [0.2, 0.25) is 5.02 Å². The van der Waals surface area contributed by atoms with Gasteiger partial charge in [-0.25, -0.2) is 0 Å². The summed E-state index contributed by atoms with van der Waals surface area (Å²) in [6.07, 6.45) is 6.84. The minimum absolute atomic E-state index is 0.0563. The maximum atomic E-state index is 14.8. The molecule has 3 saturated heterocycles. The minimum Gasteiger partial charge on any atom is -0.396 e. The lowest BCUT2D eigenvalue weighted by Gasteiger charge is -2.38. The lowest BCUT2D eigenvalue weighted by molar-refractivity contribution is -0.139. The average Bonchev–Trinajstić information content (AvgIpc) is 3.64. The molecule has 0 saturated carbocycles. The van der Waals surface area contributed by atoms with Gasteiger partial charge in [0.2, 0.25) is 11.8 Å². The number of hydrogen-bond donors (Lipinski definition) is 1. The summed E-state index contributed by atoms with van der Waals surface area (Å²) in [6, 6.07) is 14.3. The van der Waals surface area contributed by atoms with E-state index in [1.54, 1.807) is 44.7 Å². The lowest BCUT2D eigenvalue weighted by Crippen LogP contribution is -2.55. The first-order chi connectivity index (χ1) is 20.8. The third-order valence-corrected chi connectivity index (χ3v) is 11.3. The Balaban J connectivity index is 1.56. The number of carbonyl (C=O) groups excluding carboxylic acids is 3. The summed E-state index contributed by atoms with van der Waals surface area (Å²) < 4.78 is -0.721. The molecule has 0 aliphatic carbocycles. The Morgan fingerprint density at radius 1 is 1.05 bits per heavy atom. The van der Waals surface area contributed by atoms with Crippen LogP contribution >= 0.6 is 23.4 Å². The van der Waals surface area contributed by atoms with Gasteiger partial charge in [-0.05, 0) is 62.8 Å². The fourth-order valence-electron chi connectivity index (χ4n) is 7.30. The lowest BCUT2D eigenvalue weighted by atomic mass is 9.70. The first-order valence-corrected chi connectivity index (χ1v) is 16.3. The van der Waals surface area contributed by atoms with Crippen LogP contribution in [0, 0.1) is 18.8 Å². The highest BCUT2D eigenvalue weighted by atomic mass is 35.5. The number of likely N-dealkylation sites (tertiary alicyclic amines) is 1. The third kappa shape index (κ3) is 5.54. The van der Waals surface area contributed by atoms with Crippen LogP contribution in [0.15, 0.2) is 73.8 Å². The van der Waals surface area contributed by atoms with Crippen LogP contribution in [0.5, 0.6) is 0 Å². The van der Waals surface area contributed by atoms with E-state index >= 15 is 0 Å². The molecule has 5 rings (SSSR count). The number of hydrogen-bond acceptors (Lipinski definition) is 5. The van der Waals surface area contributed by atoms with Crippen LogP contribution in [-0.4, -0.2) is 70.0 Å². The SMILES string of the molecule is C=CCN(C(=O)[C@@H]1[C@H]2C(=O)N(CCCCCO)C(C(=O)N(CC=C)c3c(C)cccc3Cl)C23CC[C@H]1S3)c1ccccc1. The molecule has 3 fully saturated rings. The molecule has 3 aliphatic rings. The van der Waals surface area contributed by atoms with Crippen molar-refractivity contribution in [1.29, 1.82) is 0 Å². The van der Waals surface area contributed by atoms with E-state index in [0.717, 1.165) is 24.1 Å². The smallest absolute Gasteiger partial charge is 0.251 e. The number of aryl methyl sites for hydroxylation is 1. The molecule has 0 aromatic heterocycles. The zero-order valence-corrected chi connectivity index (χ0v) is 26.2. The van der Waals surface area contributed by atoms with Gasteiger partial charge in [0.25, 0.3) is 5.91 Å². The van der Waals surface area contributed by atoms with E-state index in [4.69, 9.17) is 11.6 Å². The zero-order chi connectivity index (χ0) is 30.7. The third-order valence-electron chi connectivity index (χ3n) is 9.06. The van der Waals surface area contributed by atoms with Gasteiger partial charge in [0.15, 0.2) is 0 Å². The number of aliphatic hydroxyl groups excluding tert-OH is 1. The van der Waals surface area contributed by atoms with E-state index in [2.05, 4.69) is 13.2 Å². The number of aliphatic hydroxyl groups is 1. The molecule has 2 bridgehead atoms. The second kappa shape index (κ2) is 13.3. The van der Waals surface area contributed by atoms with Crippen molar-refractivity contribution in [3.8, 4) is 0 Å². The van der Waals surface area contributed by atoms with Gasteiger partial charge in [0, 0.05) is 37.2 Å². The molecular formula is C34H40ClN3O4S. The van der Waals surface area contributed by atoms with Crippen LogP contribution < -0.4 is 9.80 Å². The fourth-order valence-corrected chi connectivity index (χ4v) is 9.83. The molecule has 0 radical (unpaired) electrons. The Morgan fingerprint density at radius 2 is 1.77 bits per heavy atom. The zero-order valence-electron chi connectivity index (χ0n) is 24.7. The van der Waals surface area contributed by atoms with Crippen LogP contribution in [0.25, 0.3) is 0 Å². The van der Waals surface area contributed by atoms with Crippen LogP contribution in [-0.2, 0) is 14.4 Å². The number of halogens is 1. The van der Waals surface area contributed by atoms with E-state index < -0.39 is 22.6 Å². The average molecular weight is 622 g/mol. The molecule has 5 atom stereocenters. The molecule has 228 valence electrons. The van der Waals surface area contributed by atoms with Gasteiger partial charge < -0.3 is 19.8 Å². The predicted molar refractivity (Wildman–Crippen MR) is 174 cm³/mol. The summed E-state index contributed by atoms with van der Waals surface area (Å²) in [6.45, 7) is 10.7. The molecular weight excluding hydrogens is 582 g/mol. The molecule has 1 N–H and O–H groups in total. The van der Waals surface area contributed by atoms with E-state index in [-0.39, 0.29) is 36.1 Å². The normalized spacial score (nSPS) is 25.5. The maximum absolute atomic E-state index is 14.8. The van der Waals surface area contributed by atoms with Crippen LogP contribution in [0.4, 0.5) is 11.4 Å². The van der Waals surface area contributed by atoms with E-state index in [1.165, 1.54) is 0 Å². The summed E-state index contributed by atoms with van der Waals surface area (Å²) in [5.74, 6) is -1.57. The van der Waals surface area contributed by atoms with Crippen LogP contribution in [0.1, 0.15) is 37.7 Å². The molecule has 1 spiro atoms. The summed E-state index contributed by atoms with van der Waals surface area (Å²) >= 11 is 8.34. The molecule has 43 heavy (non-hydrogen) atoms. The summed E-state index contributed by atoms with van der Waals surface area (Å²) in [5, 5.41) is 9.75. The Hall–Kier alpha value is -3.07. The molecule has 7 nitrogen and oxygen atoms in total. The number of amides is 3. The van der Waals surface area contributed by atoms with Crippen molar-refractivity contribution in [2.75, 3.05) is 36.0 Å². The Kier molecular flexibility index (Phi) is 9.69. The number of fused-ring (bicyclic) bond motifs is 1. The van der Waals surface area contributed by atoms with Crippen molar-refractivity contribution in [3.63, 3.8) is 0 Å². The van der Waals surface area contributed by atoms with Crippen molar-refractivity contribution in [1.82, 2.24) is 4.90 Å². The van der Waals surface area contributed by atoms with E-state index in [9.17, 15) is 19.5 Å². The number of rotatable bonds is 13. The minimum atomic E-state index is -0.743. The molecule has 2 aromatic carbocycles. The molecule has 3 amide bonds. The van der Waals surface area contributed by atoms with Crippen molar-refractivity contribution in [2.45, 2.75) is 55.1 Å². The fraction of sp³-hybridized carbons (Fsp3) is 0.441. The van der Waals surface area contributed by atoms with Gasteiger partial charge in [0.1, 0.15) is 6.04 Å². The molecule has 2 unspecified atom stereocenters. The van der Waals surface area contributed by atoms with Gasteiger partial charge in [-0.2, -0.15) is 0 Å². The van der Waals surface area contributed by atoms with E-state index in [1.807, 2.05) is 49.4 Å². The summed E-state index contributed by atoms with van der Waals surface area (Å²) in [4.78, 5) is 48.8. The largest absolute Gasteiger partial charge is 0.396 e. The molecule has 2 aromatic rings. The number of para-hydroxylation sites is 2. The number of nitrogens with zero attached hydrogens (tertiary/aromatic N) is 3. The molecule has 3 heterocycles.